The molecule has 3 nitrogen and oxygen atoms in total. The van der Waals surface area contributed by atoms with E-state index in [1.54, 1.807) is 22.7 Å². The van der Waals surface area contributed by atoms with Crippen molar-refractivity contribution >= 4 is 22.7 Å². The second-order valence-corrected chi connectivity index (χ2v) is 5.64. The highest BCUT2D eigenvalue weighted by atomic mass is 32.1. The fourth-order valence-electron chi connectivity index (χ4n) is 1.63. The third-order valence-corrected chi connectivity index (χ3v) is 4.28. The quantitative estimate of drug-likeness (QED) is 0.880. The van der Waals surface area contributed by atoms with Gasteiger partial charge < -0.3 is 10.8 Å². The molecule has 0 spiro atoms. The SMILES string of the molecule is Cc1nc(C(O)C(CN)c2cccs2)cs1. The topological polar surface area (TPSA) is 59.1 Å². The second-order valence-electron chi connectivity index (χ2n) is 3.59. The Balaban J connectivity index is 2.22. The molecule has 2 unspecified atom stereocenters. The van der Waals surface area contributed by atoms with Crippen molar-refractivity contribution in [2.24, 2.45) is 5.73 Å². The van der Waals surface area contributed by atoms with Crippen LogP contribution in [0.4, 0.5) is 0 Å². The lowest BCUT2D eigenvalue weighted by Gasteiger charge is -2.18. The van der Waals surface area contributed by atoms with Gasteiger partial charge in [-0.25, -0.2) is 4.98 Å². The Hall–Kier alpha value is -0.750. The van der Waals surface area contributed by atoms with Crippen molar-refractivity contribution in [3.8, 4) is 0 Å². The van der Waals surface area contributed by atoms with E-state index in [0.717, 1.165) is 15.6 Å². The lowest BCUT2D eigenvalue weighted by molar-refractivity contribution is 0.145. The summed E-state index contributed by atoms with van der Waals surface area (Å²) in [7, 11) is 0. The fourth-order valence-corrected chi connectivity index (χ4v) is 3.14. The molecule has 2 atom stereocenters. The maximum absolute atomic E-state index is 10.2. The number of thiophene rings is 1. The molecular weight excluding hydrogens is 240 g/mol. The molecule has 2 aromatic heterocycles. The molecule has 0 saturated heterocycles. The highest BCUT2D eigenvalue weighted by Crippen LogP contribution is 2.32. The van der Waals surface area contributed by atoms with E-state index in [2.05, 4.69) is 4.98 Å². The van der Waals surface area contributed by atoms with E-state index in [0.29, 0.717) is 6.54 Å². The maximum Gasteiger partial charge on any atom is 0.106 e. The average molecular weight is 254 g/mol. The zero-order valence-electron chi connectivity index (χ0n) is 8.96. The van der Waals surface area contributed by atoms with E-state index >= 15 is 0 Å². The lowest BCUT2D eigenvalue weighted by atomic mass is 9.99. The Morgan fingerprint density at radius 3 is 2.81 bits per heavy atom. The fraction of sp³-hybridized carbons (Fsp3) is 0.364. The number of aryl methyl sites for hydroxylation is 1. The summed E-state index contributed by atoms with van der Waals surface area (Å²) in [4.78, 5) is 5.42. The van der Waals surface area contributed by atoms with Crippen molar-refractivity contribution in [3.63, 3.8) is 0 Å². The molecule has 2 rings (SSSR count). The molecule has 0 aliphatic rings. The minimum Gasteiger partial charge on any atom is -0.386 e. The zero-order valence-corrected chi connectivity index (χ0v) is 10.6. The van der Waals surface area contributed by atoms with Crippen LogP contribution in [0.5, 0.6) is 0 Å². The molecule has 0 amide bonds. The van der Waals surface area contributed by atoms with Crippen LogP contribution in [-0.2, 0) is 0 Å². The van der Waals surface area contributed by atoms with Gasteiger partial charge in [0.25, 0.3) is 0 Å². The van der Waals surface area contributed by atoms with Gasteiger partial charge in [-0.15, -0.1) is 22.7 Å². The van der Waals surface area contributed by atoms with Crippen molar-refractivity contribution < 1.29 is 5.11 Å². The minimum absolute atomic E-state index is 0.0542. The molecule has 0 aliphatic carbocycles. The number of aliphatic hydroxyl groups is 1. The van der Waals surface area contributed by atoms with Crippen molar-refractivity contribution in [1.29, 1.82) is 0 Å². The number of nitrogens with two attached hydrogens (primary N) is 1. The Morgan fingerprint density at radius 2 is 2.31 bits per heavy atom. The molecule has 0 aliphatic heterocycles. The zero-order chi connectivity index (χ0) is 11.5. The number of nitrogens with zero attached hydrogens (tertiary/aromatic N) is 1. The second kappa shape index (κ2) is 5.05. The number of hydrogen-bond donors (Lipinski definition) is 2. The van der Waals surface area contributed by atoms with Crippen LogP contribution in [0.1, 0.15) is 27.6 Å². The Bertz CT molecular complexity index is 439. The van der Waals surface area contributed by atoms with Gasteiger partial charge in [-0.05, 0) is 18.4 Å². The smallest absolute Gasteiger partial charge is 0.106 e. The van der Waals surface area contributed by atoms with Crippen LogP contribution in [0, 0.1) is 6.92 Å². The number of hydrogen-bond acceptors (Lipinski definition) is 5. The third-order valence-electron chi connectivity index (χ3n) is 2.48. The Morgan fingerprint density at radius 1 is 1.50 bits per heavy atom. The van der Waals surface area contributed by atoms with Crippen LogP contribution >= 0.6 is 22.7 Å². The van der Waals surface area contributed by atoms with Crippen LogP contribution in [-0.4, -0.2) is 16.6 Å². The van der Waals surface area contributed by atoms with Gasteiger partial charge in [0.15, 0.2) is 0 Å². The summed E-state index contributed by atoms with van der Waals surface area (Å²) < 4.78 is 0. The van der Waals surface area contributed by atoms with Gasteiger partial charge in [0.2, 0.25) is 0 Å². The first-order valence-electron chi connectivity index (χ1n) is 5.06. The molecule has 5 heteroatoms. The van der Waals surface area contributed by atoms with E-state index in [9.17, 15) is 5.11 Å². The predicted octanol–water partition coefficient (Wildman–Crippen LogP) is 2.29. The van der Waals surface area contributed by atoms with E-state index < -0.39 is 6.10 Å². The minimum atomic E-state index is -0.603. The molecule has 0 radical (unpaired) electrons. The summed E-state index contributed by atoms with van der Waals surface area (Å²) in [6, 6.07) is 3.98. The largest absolute Gasteiger partial charge is 0.386 e. The van der Waals surface area contributed by atoms with E-state index in [1.807, 2.05) is 29.8 Å². The molecule has 0 saturated carbocycles. The summed E-state index contributed by atoms with van der Waals surface area (Å²) >= 11 is 3.17. The highest BCUT2D eigenvalue weighted by molar-refractivity contribution is 7.10. The van der Waals surface area contributed by atoms with Crippen LogP contribution in [0.25, 0.3) is 0 Å². The van der Waals surface area contributed by atoms with Gasteiger partial charge in [-0.2, -0.15) is 0 Å². The number of thiazole rings is 1. The summed E-state index contributed by atoms with van der Waals surface area (Å²) in [5, 5.41) is 15.1. The molecule has 0 fully saturated rings. The normalized spacial score (nSPS) is 14.9. The molecule has 3 N–H and O–H groups in total. The number of rotatable bonds is 4. The van der Waals surface area contributed by atoms with Crippen molar-refractivity contribution in [2.45, 2.75) is 18.9 Å². The first kappa shape index (κ1) is 11.7. The summed E-state index contributed by atoms with van der Waals surface area (Å²) in [5.74, 6) is -0.0542. The van der Waals surface area contributed by atoms with Gasteiger partial charge in [-0.1, -0.05) is 6.07 Å². The summed E-state index contributed by atoms with van der Waals surface area (Å²) in [5.41, 5.74) is 6.46. The van der Waals surface area contributed by atoms with Crippen molar-refractivity contribution in [1.82, 2.24) is 4.98 Å². The summed E-state index contributed by atoms with van der Waals surface area (Å²) in [6.45, 7) is 2.36. The van der Waals surface area contributed by atoms with E-state index in [1.165, 1.54) is 0 Å². The van der Waals surface area contributed by atoms with Gasteiger partial charge in [0.1, 0.15) is 6.10 Å². The van der Waals surface area contributed by atoms with E-state index in [-0.39, 0.29) is 5.92 Å². The standard InChI is InChI=1S/C11H14N2OS2/c1-7-13-9(6-16-7)11(14)8(5-12)10-3-2-4-15-10/h2-4,6,8,11,14H,5,12H2,1H3. The Kier molecular flexibility index (Phi) is 3.70. The molecular formula is C11H14N2OS2. The average Bonchev–Trinajstić information content (AvgIpc) is 2.90. The first-order chi connectivity index (χ1) is 7.72. The van der Waals surface area contributed by atoms with Gasteiger partial charge in [0, 0.05) is 22.7 Å². The molecule has 0 bridgehead atoms. The van der Waals surface area contributed by atoms with Crippen molar-refractivity contribution in [3.05, 3.63) is 38.5 Å². The van der Waals surface area contributed by atoms with Gasteiger partial charge in [0.05, 0.1) is 10.7 Å². The van der Waals surface area contributed by atoms with Crippen LogP contribution in [0.2, 0.25) is 0 Å². The predicted molar refractivity (Wildman–Crippen MR) is 67.9 cm³/mol. The van der Waals surface area contributed by atoms with Crippen LogP contribution < -0.4 is 5.73 Å². The van der Waals surface area contributed by atoms with Gasteiger partial charge in [-0.3, -0.25) is 0 Å². The van der Waals surface area contributed by atoms with Crippen LogP contribution in [0.15, 0.2) is 22.9 Å². The maximum atomic E-state index is 10.2. The van der Waals surface area contributed by atoms with E-state index in [4.69, 9.17) is 5.73 Å². The van der Waals surface area contributed by atoms with Crippen LogP contribution in [0.3, 0.4) is 0 Å². The molecule has 16 heavy (non-hydrogen) atoms. The molecule has 0 aromatic carbocycles. The Labute approximate surface area is 103 Å². The molecule has 2 aromatic rings. The molecule has 86 valence electrons. The molecule has 2 heterocycles. The lowest BCUT2D eigenvalue weighted by Crippen LogP contribution is -2.19. The van der Waals surface area contributed by atoms with Gasteiger partial charge >= 0.3 is 0 Å². The monoisotopic (exact) mass is 254 g/mol. The summed E-state index contributed by atoms with van der Waals surface area (Å²) in [6.07, 6.45) is -0.603. The van der Waals surface area contributed by atoms with Crippen molar-refractivity contribution in [2.75, 3.05) is 6.54 Å². The number of aromatic nitrogens is 1. The number of aliphatic hydroxyl groups excluding tert-OH is 1. The highest BCUT2D eigenvalue weighted by Gasteiger charge is 2.24. The third kappa shape index (κ3) is 2.32. The first-order valence-corrected chi connectivity index (χ1v) is 6.82.